The van der Waals surface area contributed by atoms with E-state index in [1.54, 1.807) is 6.92 Å². The van der Waals surface area contributed by atoms with Gasteiger partial charge in [-0.2, -0.15) is 5.10 Å². The molecule has 26 heavy (non-hydrogen) atoms. The minimum Gasteiger partial charge on any atom is -0.462 e. The summed E-state index contributed by atoms with van der Waals surface area (Å²) in [5.74, 6) is 0.645. The van der Waals surface area contributed by atoms with Crippen LogP contribution in [-0.4, -0.2) is 38.6 Å². The van der Waals surface area contributed by atoms with Gasteiger partial charge >= 0.3 is 5.97 Å². The first-order chi connectivity index (χ1) is 12.7. The van der Waals surface area contributed by atoms with Crippen molar-refractivity contribution in [1.82, 2.24) is 19.7 Å². The van der Waals surface area contributed by atoms with E-state index in [1.807, 2.05) is 24.5 Å². The molecule has 0 amide bonds. The van der Waals surface area contributed by atoms with E-state index in [0.717, 1.165) is 23.7 Å². The van der Waals surface area contributed by atoms with E-state index >= 15 is 0 Å². The molecule has 0 saturated heterocycles. The highest BCUT2D eigenvalue weighted by molar-refractivity contribution is 7.98. The van der Waals surface area contributed by atoms with Crippen LogP contribution in [0.4, 0.5) is 11.6 Å². The van der Waals surface area contributed by atoms with Crippen LogP contribution in [0.2, 0.25) is 0 Å². The molecule has 0 radical (unpaired) electrons. The molecule has 3 aromatic rings. The normalized spacial score (nSPS) is 13.8. The highest BCUT2D eigenvalue weighted by atomic mass is 32.2. The Morgan fingerprint density at radius 1 is 1.35 bits per heavy atom. The van der Waals surface area contributed by atoms with Crippen LogP contribution in [-0.2, 0) is 4.74 Å². The number of nitrogens with zero attached hydrogens (tertiary/aromatic N) is 4. The Morgan fingerprint density at radius 2 is 2.15 bits per heavy atom. The fourth-order valence-electron chi connectivity index (χ4n) is 2.81. The fourth-order valence-corrected chi connectivity index (χ4v) is 3.15. The monoisotopic (exact) mass is 369 g/mol. The second-order valence-corrected chi connectivity index (χ2v) is 6.78. The van der Waals surface area contributed by atoms with Crippen molar-refractivity contribution in [1.29, 1.82) is 0 Å². The molecule has 1 aromatic carbocycles. The van der Waals surface area contributed by atoms with Crippen LogP contribution >= 0.6 is 11.8 Å². The quantitative estimate of drug-likeness (QED) is 0.402. The molecule has 0 unspecified atom stereocenters. The van der Waals surface area contributed by atoms with Crippen LogP contribution in [0.5, 0.6) is 0 Å². The van der Waals surface area contributed by atoms with Gasteiger partial charge in [-0.3, -0.25) is 4.68 Å². The van der Waals surface area contributed by atoms with Crippen LogP contribution in [0, 0.1) is 0 Å². The standard InChI is InChI=1S/C18H19N5O2S/c1-3-25-17(24)13-10-19-18(26-2)21-15(13)20-16-12-6-4-5-7-14(12)23(22-16)11-8-9-11/h4-7,10-11H,3,8-9H2,1-2H3,(H,19,20,21,22). The summed E-state index contributed by atoms with van der Waals surface area (Å²) in [6, 6.07) is 8.52. The van der Waals surface area contributed by atoms with Gasteiger partial charge in [-0.15, -0.1) is 0 Å². The Kier molecular flexibility index (Phi) is 4.50. The molecule has 1 saturated carbocycles. The average Bonchev–Trinajstić information content (AvgIpc) is 3.45. The highest BCUT2D eigenvalue weighted by Gasteiger charge is 2.27. The Hall–Kier alpha value is -2.61. The van der Waals surface area contributed by atoms with Gasteiger partial charge < -0.3 is 10.1 Å². The van der Waals surface area contributed by atoms with E-state index < -0.39 is 5.97 Å². The van der Waals surface area contributed by atoms with E-state index in [1.165, 1.54) is 18.0 Å². The van der Waals surface area contributed by atoms with Crippen LogP contribution in [0.25, 0.3) is 10.9 Å². The Labute approximate surface area is 155 Å². The van der Waals surface area contributed by atoms with Crippen molar-refractivity contribution in [2.75, 3.05) is 18.2 Å². The SMILES string of the molecule is CCOC(=O)c1cnc(SC)nc1Nc1nn(C2CC2)c2ccccc12. The lowest BCUT2D eigenvalue weighted by Gasteiger charge is -2.09. The topological polar surface area (TPSA) is 81.9 Å². The van der Waals surface area contributed by atoms with Crippen LogP contribution in [0.3, 0.4) is 0 Å². The lowest BCUT2D eigenvalue weighted by molar-refractivity contribution is 0.0526. The third-order valence-electron chi connectivity index (χ3n) is 4.19. The van der Waals surface area contributed by atoms with Gasteiger partial charge in [0.1, 0.15) is 5.56 Å². The molecule has 2 heterocycles. The van der Waals surface area contributed by atoms with Gasteiger partial charge in [0.2, 0.25) is 0 Å². The van der Waals surface area contributed by atoms with Crippen molar-refractivity contribution in [3.8, 4) is 0 Å². The third kappa shape index (κ3) is 3.12. The predicted molar refractivity (Wildman–Crippen MR) is 101 cm³/mol. The van der Waals surface area contributed by atoms with E-state index in [9.17, 15) is 4.79 Å². The van der Waals surface area contributed by atoms with Gasteiger partial charge in [-0.1, -0.05) is 23.9 Å². The average molecular weight is 369 g/mol. The summed E-state index contributed by atoms with van der Waals surface area (Å²) in [4.78, 5) is 20.9. The molecule has 0 spiro atoms. The number of carbonyl (C=O) groups excluding carboxylic acids is 1. The van der Waals surface area contributed by atoms with Crippen molar-refractivity contribution in [2.45, 2.75) is 31.0 Å². The molecule has 1 aliphatic carbocycles. The van der Waals surface area contributed by atoms with E-state index in [4.69, 9.17) is 9.84 Å². The van der Waals surface area contributed by atoms with Gasteiger partial charge in [0.25, 0.3) is 0 Å². The predicted octanol–water partition coefficient (Wildman–Crippen LogP) is 3.80. The summed E-state index contributed by atoms with van der Waals surface area (Å²) >= 11 is 1.41. The van der Waals surface area contributed by atoms with Gasteiger partial charge in [0, 0.05) is 11.6 Å². The van der Waals surface area contributed by atoms with E-state index in [2.05, 4.69) is 26.0 Å². The van der Waals surface area contributed by atoms with E-state index in [-0.39, 0.29) is 0 Å². The summed E-state index contributed by atoms with van der Waals surface area (Å²) < 4.78 is 7.18. The lowest BCUT2D eigenvalue weighted by Crippen LogP contribution is -2.11. The molecule has 1 aliphatic rings. The number of anilines is 2. The van der Waals surface area contributed by atoms with Crippen molar-refractivity contribution in [2.24, 2.45) is 0 Å². The number of hydrogen-bond donors (Lipinski definition) is 1. The largest absolute Gasteiger partial charge is 0.462 e. The lowest BCUT2D eigenvalue weighted by atomic mass is 10.2. The Balaban J connectivity index is 1.77. The minimum absolute atomic E-state index is 0.293. The third-order valence-corrected chi connectivity index (χ3v) is 4.75. The zero-order chi connectivity index (χ0) is 18.1. The maximum Gasteiger partial charge on any atom is 0.343 e. The molecule has 7 nitrogen and oxygen atoms in total. The van der Waals surface area contributed by atoms with Gasteiger partial charge in [0.05, 0.1) is 18.2 Å². The number of nitrogens with one attached hydrogen (secondary N) is 1. The summed E-state index contributed by atoms with van der Waals surface area (Å²) in [6.07, 6.45) is 5.67. The molecule has 1 fully saturated rings. The first-order valence-corrected chi connectivity index (χ1v) is 9.76. The number of aromatic nitrogens is 4. The fraction of sp³-hybridized carbons (Fsp3) is 0.333. The van der Waals surface area contributed by atoms with Crippen LogP contribution in [0.1, 0.15) is 36.2 Å². The van der Waals surface area contributed by atoms with Crippen molar-refractivity contribution in [3.05, 3.63) is 36.0 Å². The number of esters is 1. The number of thioether (sulfide) groups is 1. The molecule has 0 aliphatic heterocycles. The van der Waals surface area contributed by atoms with Crippen LogP contribution < -0.4 is 5.32 Å². The second kappa shape index (κ2) is 6.95. The zero-order valence-electron chi connectivity index (χ0n) is 14.6. The molecular weight excluding hydrogens is 350 g/mol. The number of fused-ring (bicyclic) bond motifs is 1. The molecule has 1 N–H and O–H groups in total. The van der Waals surface area contributed by atoms with Crippen molar-refractivity contribution in [3.63, 3.8) is 0 Å². The molecule has 2 aromatic heterocycles. The van der Waals surface area contributed by atoms with Crippen molar-refractivity contribution >= 4 is 40.3 Å². The number of benzene rings is 1. The summed E-state index contributed by atoms with van der Waals surface area (Å²) in [7, 11) is 0. The molecule has 8 heteroatoms. The summed E-state index contributed by atoms with van der Waals surface area (Å²) in [5, 5.41) is 9.54. The number of para-hydroxylation sites is 1. The zero-order valence-corrected chi connectivity index (χ0v) is 15.4. The number of rotatable bonds is 6. The molecule has 4 rings (SSSR count). The Morgan fingerprint density at radius 3 is 2.88 bits per heavy atom. The first-order valence-electron chi connectivity index (χ1n) is 8.53. The van der Waals surface area contributed by atoms with E-state index in [0.29, 0.717) is 35.0 Å². The minimum atomic E-state index is -0.450. The Bertz CT molecular complexity index is 967. The first kappa shape index (κ1) is 16.8. The molecule has 134 valence electrons. The number of ether oxygens (including phenoxy) is 1. The van der Waals surface area contributed by atoms with Crippen molar-refractivity contribution < 1.29 is 9.53 Å². The second-order valence-electron chi connectivity index (χ2n) is 6.01. The molecule has 0 atom stereocenters. The molecular formula is C18H19N5O2S. The number of hydrogen-bond acceptors (Lipinski definition) is 7. The highest BCUT2D eigenvalue weighted by Crippen LogP contribution is 2.39. The number of carbonyl (C=O) groups is 1. The maximum absolute atomic E-state index is 12.3. The molecule has 0 bridgehead atoms. The van der Waals surface area contributed by atoms with Crippen LogP contribution in [0.15, 0.2) is 35.6 Å². The van der Waals surface area contributed by atoms with Gasteiger partial charge in [-0.25, -0.2) is 14.8 Å². The smallest absolute Gasteiger partial charge is 0.343 e. The van der Waals surface area contributed by atoms with Gasteiger partial charge in [-0.05, 0) is 38.2 Å². The summed E-state index contributed by atoms with van der Waals surface area (Å²) in [5.41, 5.74) is 1.38. The van der Waals surface area contributed by atoms with Gasteiger partial charge in [0.15, 0.2) is 16.8 Å². The maximum atomic E-state index is 12.3. The summed E-state index contributed by atoms with van der Waals surface area (Å²) in [6.45, 7) is 2.06.